The van der Waals surface area contributed by atoms with Crippen LogP contribution in [0, 0.1) is 0 Å². The number of aromatic hydroxyl groups is 1. The average Bonchev–Trinajstić information content (AvgIpc) is 2.55. The number of hydrogen-bond donors (Lipinski definition) is 3. The Labute approximate surface area is 90.4 Å². The first-order chi connectivity index (χ1) is 7.50. The first-order valence-corrected chi connectivity index (χ1v) is 4.57. The van der Waals surface area contributed by atoms with E-state index in [-0.39, 0.29) is 17.9 Å². The Balaban J connectivity index is 2.50. The molecule has 84 valence electrons. The summed E-state index contributed by atoms with van der Waals surface area (Å²) in [5.74, 6) is -1.28. The van der Waals surface area contributed by atoms with Crippen molar-refractivity contribution in [1.82, 2.24) is 0 Å². The van der Waals surface area contributed by atoms with Crippen LogP contribution < -0.4 is 4.90 Å². The average molecular weight is 223 g/mol. The number of carboxylic acid groups (broad SMARTS) is 2. The van der Waals surface area contributed by atoms with E-state index in [1.165, 1.54) is 18.2 Å². The molecule has 16 heavy (non-hydrogen) atoms. The van der Waals surface area contributed by atoms with Crippen LogP contribution in [-0.2, 0) is 11.2 Å². The number of carboxylic acids is 1. The number of hydrogen-bond acceptors (Lipinski definition) is 3. The molecular weight excluding hydrogens is 214 g/mol. The molecule has 1 aromatic carbocycles. The summed E-state index contributed by atoms with van der Waals surface area (Å²) < 4.78 is 0. The molecule has 0 fully saturated rings. The second kappa shape index (κ2) is 3.41. The molecule has 1 atom stereocenters. The van der Waals surface area contributed by atoms with E-state index in [0.717, 1.165) is 4.90 Å². The van der Waals surface area contributed by atoms with Gasteiger partial charge in [0.25, 0.3) is 0 Å². The molecule has 6 heteroatoms. The molecule has 1 heterocycles. The highest BCUT2D eigenvalue weighted by molar-refractivity contribution is 5.97. The fraction of sp³-hybridized carbons (Fsp3) is 0.200. The summed E-state index contributed by atoms with van der Waals surface area (Å²) in [6.07, 6.45) is -1.21. The summed E-state index contributed by atoms with van der Waals surface area (Å²) in [5.41, 5.74) is 0.840. The molecule has 6 nitrogen and oxygen atoms in total. The number of nitrogens with zero attached hydrogens (tertiary/aromatic N) is 1. The number of anilines is 1. The van der Waals surface area contributed by atoms with E-state index < -0.39 is 18.1 Å². The standard InChI is InChI=1S/C10H9NO5/c12-6-2-1-5-3-8(9(13)14)11(10(15)16)7(5)4-6/h1-2,4,8,12H,3H2,(H,13,14)(H,15,16). The number of benzene rings is 1. The molecule has 0 saturated heterocycles. The molecule has 0 saturated carbocycles. The third-order valence-electron chi connectivity index (χ3n) is 2.54. The number of carbonyl (C=O) groups is 2. The molecule has 0 bridgehead atoms. The minimum absolute atomic E-state index is 0.0870. The van der Waals surface area contributed by atoms with Gasteiger partial charge in [-0.05, 0) is 11.6 Å². The summed E-state index contributed by atoms with van der Waals surface area (Å²) in [6, 6.07) is 3.08. The predicted molar refractivity (Wildman–Crippen MR) is 53.7 cm³/mol. The van der Waals surface area contributed by atoms with Gasteiger partial charge in [0, 0.05) is 12.5 Å². The van der Waals surface area contributed by atoms with Crippen molar-refractivity contribution in [2.24, 2.45) is 0 Å². The van der Waals surface area contributed by atoms with Crippen molar-refractivity contribution in [2.45, 2.75) is 12.5 Å². The molecule has 1 amide bonds. The normalized spacial score (nSPS) is 18.2. The monoisotopic (exact) mass is 223 g/mol. The molecule has 3 N–H and O–H groups in total. The first-order valence-electron chi connectivity index (χ1n) is 4.57. The van der Waals surface area contributed by atoms with Crippen LogP contribution >= 0.6 is 0 Å². The van der Waals surface area contributed by atoms with Crippen molar-refractivity contribution in [1.29, 1.82) is 0 Å². The van der Waals surface area contributed by atoms with Gasteiger partial charge >= 0.3 is 12.1 Å². The van der Waals surface area contributed by atoms with Crippen LogP contribution in [0.1, 0.15) is 5.56 Å². The number of phenols is 1. The Bertz CT molecular complexity index is 470. The lowest BCUT2D eigenvalue weighted by molar-refractivity contribution is -0.138. The van der Waals surface area contributed by atoms with E-state index in [4.69, 9.17) is 10.2 Å². The van der Waals surface area contributed by atoms with Crippen LogP contribution in [0.15, 0.2) is 18.2 Å². The van der Waals surface area contributed by atoms with Gasteiger partial charge in [-0.15, -0.1) is 0 Å². The highest BCUT2D eigenvalue weighted by atomic mass is 16.4. The molecule has 1 unspecified atom stereocenters. The number of amides is 1. The third-order valence-corrected chi connectivity index (χ3v) is 2.54. The molecule has 0 aromatic heterocycles. The Hall–Kier alpha value is -2.24. The van der Waals surface area contributed by atoms with E-state index >= 15 is 0 Å². The molecule has 1 aromatic rings. The molecule has 2 rings (SSSR count). The zero-order valence-corrected chi connectivity index (χ0v) is 8.12. The third kappa shape index (κ3) is 1.44. The van der Waals surface area contributed by atoms with Gasteiger partial charge in [0.2, 0.25) is 0 Å². The molecule has 0 aliphatic carbocycles. The van der Waals surface area contributed by atoms with Gasteiger partial charge in [-0.3, -0.25) is 4.90 Å². The van der Waals surface area contributed by atoms with Crippen LogP contribution in [0.5, 0.6) is 5.75 Å². The summed E-state index contributed by atoms with van der Waals surface area (Å²) in [5, 5.41) is 27.1. The largest absolute Gasteiger partial charge is 0.508 e. The van der Waals surface area contributed by atoms with E-state index in [9.17, 15) is 14.7 Å². The van der Waals surface area contributed by atoms with E-state index in [1.54, 1.807) is 0 Å². The fourth-order valence-corrected chi connectivity index (χ4v) is 1.85. The molecule has 1 aliphatic rings. The van der Waals surface area contributed by atoms with Crippen molar-refractivity contribution in [2.75, 3.05) is 4.90 Å². The van der Waals surface area contributed by atoms with Crippen LogP contribution in [0.25, 0.3) is 0 Å². The minimum Gasteiger partial charge on any atom is -0.508 e. The lowest BCUT2D eigenvalue weighted by Crippen LogP contribution is -2.41. The maximum Gasteiger partial charge on any atom is 0.412 e. The molecule has 0 radical (unpaired) electrons. The topological polar surface area (TPSA) is 98.1 Å². The zero-order valence-electron chi connectivity index (χ0n) is 8.12. The number of fused-ring (bicyclic) bond motifs is 1. The molecular formula is C10H9NO5. The Morgan fingerprint density at radius 3 is 2.56 bits per heavy atom. The maximum absolute atomic E-state index is 11.0. The second-order valence-corrected chi connectivity index (χ2v) is 3.52. The predicted octanol–water partition coefficient (Wildman–Crippen LogP) is 0.886. The number of phenolic OH excluding ortho intramolecular Hbond substituents is 1. The van der Waals surface area contributed by atoms with Gasteiger partial charge in [-0.2, -0.15) is 0 Å². The van der Waals surface area contributed by atoms with Crippen molar-refractivity contribution in [3.63, 3.8) is 0 Å². The molecule has 0 spiro atoms. The van der Waals surface area contributed by atoms with E-state index in [2.05, 4.69) is 0 Å². The van der Waals surface area contributed by atoms with Gasteiger partial charge in [0.1, 0.15) is 11.8 Å². The lowest BCUT2D eigenvalue weighted by Gasteiger charge is -2.18. The van der Waals surface area contributed by atoms with Crippen molar-refractivity contribution in [3.05, 3.63) is 23.8 Å². The fourth-order valence-electron chi connectivity index (χ4n) is 1.85. The van der Waals surface area contributed by atoms with Crippen LogP contribution in [-0.4, -0.2) is 33.4 Å². The van der Waals surface area contributed by atoms with Crippen molar-refractivity contribution in [3.8, 4) is 5.75 Å². The van der Waals surface area contributed by atoms with Gasteiger partial charge in [0.05, 0.1) is 5.69 Å². The summed E-state index contributed by atoms with van der Waals surface area (Å²) in [7, 11) is 0. The maximum atomic E-state index is 11.0. The van der Waals surface area contributed by atoms with E-state index in [0.29, 0.717) is 5.56 Å². The summed E-state index contributed by atoms with van der Waals surface area (Å²) in [4.78, 5) is 22.6. The van der Waals surface area contributed by atoms with Crippen molar-refractivity contribution >= 4 is 17.7 Å². The minimum atomic E-state index is -1.34. The van der Waals surface area contributed by atoms with Crippen LogP contribution in [0.2, 0.25) is 0 Å². The summed E-state index contributed by atoms with van der Waals surface area (Å²) >= 11 is 0. The highest BCUT2D eigenvalue weighted by Crippen LogP contribution is 2.34. The quantitative estimate of drug-likeness (QED) is 0.656. The smallest absolute Gasteiger partial charge is 0.412 e. The van der Waals surface area contributed by atoms with Crippen LogP contribution in [0.4, 0.5) is 10.5 Å². The Kier molecular flexibility index (Phi) is 2.19. The zero-order chi connectivity index (χ0) is 11.9. The number of aliphatic carboxylic acids is 1. The second-order valence-electron chi connectivity index (χ2n) is 3.52. The van der Waals surface area contributed by atoms with Gasteiger partial charge in [-0.1, -0.05) is 6.07 Å². The van der Waals surface area contributed by atoms with Gasteiger partial charge in [0.15, 0.2) is 0 Å². The van der Waals surface area contributed by atoms with Gasteiger partial charge < -0.3 is 15.3 Å². The van der Waals surface area contributed by atoms with Gasteiger partial charge in [-0.25, -0.2) is 9.59 Å². The SMILES string of the molecule is O=C(O)C1Cc2ccc(O)cc2N1C(=O)O. The highest BCUT2D eigenvalue weighted by Gasteiger charge is 2.38. The van der Waals surface area contributed by atoms with Crippen LogP contribution in [0.3, 0.4) is 0 Å². The lowest BCUT2D eigenvalue weighted by atomic mass is 10.1. The Morgan fingerprint density at radius 2 is 2.00 bits per heavy atom. The Morgan fingerprint density at radius 1 is 1.31 bits per heavy atom. The number of rotatable bonds is 1. The first kappa shape index (κ1) is 10.3. The molecule has 1 aliphatic heterocycles. The van der Waals surface area contributed by atoms with E-state index in [1.807, 2.05) is 0 Å². The summed E-state index contributed by atoms with van der Waals surface area (Å²) in [6.45, 7) is 0. The van der Waals surface area contributed by atoms with Crippen molar-refractivity contribution < 1.29 is 24.9 Å².